The third-order valence-corrected chi connectivity index (χ3v) is 4.97. The lowest BCUT2D eigenvalue weighted by atomic mass is 10.2. The molecule has 1 fully saturated rings. The molecule has 26 heavy (non-hydrogen) atoms. The van der Waals surface area contributed by atoms with Gasteiger partial charge in [-0.2, -0.15) is 0 Å². The van der Waals surface area contributed by atoms with Crippen molar-refractivity contribution in [2.45, 2.75) is 6.54 Å². The number of imidazole rings is 1. The number of carbonyl (C=O) groups is 1. The van der Waals surface area contributed by atoms with Gasteiger partial charge < -0.3 is 9.80 Å². The van der Waals surface area contributed by atoms with Crippen LogP contribution >= 0.6 is 11.6 Å². The molecule has 0 saturated carbocycles. The average Bonchev–Trinajstić information content (AvgIpc) is 3.01. The zero-order valence-corrected chi connectivity index (χ0v) is 15.4. The number of pyridine rings is 1. The molecule has 0 spiro atoms. The van der Waals surface area contributed by atoms with E-state index in [-0.39, 0.29) is 12.5 Å². The molecule has 3 aromatic rings. The summed E-state index contributed by atoms with van der Waals surface area (Å²) in [6.45, 7) is 3.52. The first-order valence-electron chi connectivity index (χ1n) is 8.65. The molecule has 1 saturated heterocycles. The first-order valence-corrected chi connectivity index (χ1v) is 9.03. The minimum Gasteiger partial charge on any atom is -0.339 e. The van der Waals surface area contributed by atoms with E-state index >= 15 is 0 Å². The van der Waals surface area contributed by atoms with Crippen LogP contribution in [0.4, 0.5) is 0 Å². The topological polar surface area (TPSA) is 54.3 Å². The SMILES string of the molecule is CN1CCN(C(=O)Cn2c(-c3cccc(Cl)c3)nc3cccnc32)CC1. The van der Waals surface area contributed by atoms with Gasteiger partial charge in [0.15, 0.2) is 5.65 Å². The van der Waals surface area contributed by atoms with Gasteiger partial charge in [0.25, 0.3) is 0 Å². The van der Waals surface area contributed by atoms with Crippen LogP contribution in [0.3, 0.4) is 0 Å². The third kappa shape index (κ3) is 3.30. The van der Waals surface area contributed by atoms with E-state index in [9.17, 15) is 4.79 Å². The molecule has 1 amide bonds. The van der Waals surface area contributed by atoms with Gasteiger partial charge in [0.1, 0.15) is 17.9 Å². The molecule has 0 aliphatic carbocycles. The van der Waals surface area contributed by atoms with Gasteiger partial charge in [-0.05, 0) is 31.3 Å². The fourth-order valence-electron chi connectivity index (χ4n) is 3.25. The summed E-state index contributed by atoms with van der Waals surface area (Å²) in [5.74, 6) is 0.801. The monoisotopic (exact) mass is 369 g/mol. The Morgan fingerprint density at radius 2 is 1.96 bits per heavy atom. The van der Waals surface area contributed by atoms with Crippen LogP contribution in [0.25, 0.3) is 22.6 Å². The number of carbonyl (C=O) groups excluding carboxylic acids is 1. The van der Waals surface area contributed by atoms with Gasteiger partial charge in [0, 0.05) is 43.0 Å². The lowest BCUT2D eigenvalue weighted by Crippen LogP contribution is -2.48. The number of amides is 1. The fraction of sp³-hybridized carbons (Fsp3) is 0.316. The van der Waals surface area contributed by atoms with Crippen molar-refractivity contribution in [2.24, 2.45) is 0 Å². The van der Waals surface area contributed by atoms with Gasteiger partial charge in [-0.1, -0.05) is 23.7 Å². The lowest BCUT2D eigenvalue weighted by Gasteiger charge is -2.32. The van der Waals surface area contributed by atoms with Crippen LogP contribution in [0.1, 0.15) is 0 Å². The number of rotatable bonds is 3. The summed E-state index contributed by atoms with van der Waals surface area (Å²) < 4.78 is 1.89. The Morgan fingerprint density at radius 1 is 1.15 bits per heavy atom. The van der Waals surface area contributed by atoms with Crippen molar-refractivity contribution in [1.29, 1.82) is 0 Å². The molecule has 0 bridgehead atoms. The number of halogens is 1. The van der Waals surface area contributed by atoms with Crippen molar-refractivity contribution in [3.8, 4) is 11.4 Å². The van der Waals surface area contributed by atoms with Crippen molar-refractivity contribution in [3.63, 3.8) is 0 Å². The predicted octanol–water partition coefficient (Wildman–Crippen LogP) is 2.53. The Labute approximate surface area is 157 Å². The Bertz CT molecular complexity index is 946. The summed E-state index contributed by atoms with van der Waals surface area (Å²) in [6, 6.07) is 11.3. The van der Waals surface area contributed by atoms with Crippen molar-refractivity contribution in [3.05, 3.63) is 47.6 Å². The Morgan fingerprint density at radius 3 is 2.73 bits per heavy atom. The Kier molecular flexibility index (Phi) is 4.61. The van der Waals surface area contributed by atoms with Crippen molar-refractivity contribution in [2.75, 3.05) is 33.2 Å². The molecule has 7 heteroatoms. The van der Waals surface area contributed by atoms with E-state index in [0.29, 0.717) is 16.5 Å². The van der Waals surface area contributed by atoms with E-state index in [1.807, 2.05) is 45.9 Å². The van der Waals surface area contributed by atoms with Gasteiger partial charge in [0.05, 0.1) is 0 Å². The second-order valence-electron chi connectivity index (χ2n) is 6.56. The molecular formula is C19H20ClN5O. The number of likely N-dealkylation sites (N-methyl/N-ethyl adjacent to an activating group) is 1. The lowest BCUT2D eigenvalue weighted by molar-refractivity contribution is -0.133. The summed E-state index contributed by atoms with van der Waals surface area (Å²) >= 11 is 6.15. The predicted molar refractivity (Wildman–Crippen MR) is 102 cm³/mol. The van der Waals surface area contributed by atoms with Gasteiger partial charge in [0.2, 0.25) is 5.91 Å². The van der Waals surface area contributed by atoms with E-state index in [1.54, 1.807) is 6.20 Å². The number of benzene rings is 1. The van der Waals surface area contributed by atoms with E-state index in [4.69, 9.17) is 16.6 Å². The number of nitrogens with zero attached hydrogens (tertiary/aromatic N) is 5. The van der Waals surface area contributed by atoms with Gasteiger partial charge in [-0.3, -0.25) is 9.36 Å². The van der Waals surface area contributed by atoms with E-state index < -0.39 is 0 Å². The Balaban J connectivity index is 1.71. The fourth-order valence-corrected chi connectivity index (χ4v) is 3.44. The molecule has 1 aromatic carbocycles. The smallest absolute Gasteiger partial charge is 0.242 e. The van der Waals surface area contributed by atoms with E-state index in [1.165, 1.54) is 0 Å². The third-order valence-electron chi connectivity index (χ3n) is 4.74. The molecule has 134 valence electrons. The minimum absolute atomic E-state index is 0.0892. The molecule has 1 aliphatic rings. The molecule has 0 atom stereocenters. The highest BCUT2D eigenvalue weighted by atomic mass is 35.5. The highest BCUT2D eigenvalue weighted by molar-refractivity contribution is 6.30. The number of hydrogen-bond acceptors (Lipinski definition) is 4. The minimum atomic E-state index is 0.0892. The summed E-state index contributed by atoms with van der Waals surface area (Å²) in [7, 11) is 2.08. The quantitative estimate of drug-likeness (QED) is 0.712. The molecule has 3 heterocycles. The van der Waals surface area contributed by atoms with Crippen molar-refractivity contribution < 1.29 is 4.79 Å². The molecule has 0 radical (unpaired) electrons. The van der Waals surface area contributed by atoms with Crippen molar-refractivity contribution in [1.82, 2.24) is 24.3 Å². The summed E-state index contributed by atoms with van der Waals surface area (Å²) in [4.78, 5) is 26.2. The highest BCUT2D eigenvalue weighted by Gasteiger charge is 2.22. The number of piperazine rings is 1. The zero-order chi connectivity index (χ0) is 18.1. The normalized spacial score (nSPS) is 15.5. The van der Waals surface area contributed by atoms with Crippen LogP contribution in [-0.4, -0.2) is 63.5 Å². The van der Waals surface area contributed by atoms with Crippen LogP contribution in [-0.2, 0) is 11.3 Å². The van der Waals surface area contributed by atoms with Crippen LogP contribution in [0, 0.1) is 0 Å². The van der Waals surface area contributed by atoms with Crippen LogP contribution in [0.2, 0.25) is 5.02 Å². The maximum absolute atomic E-state index is 12.9. The second-order valence-corrected chi connectivity index (χ2v) is 7.00. The summed E-state index contributed by atoms with van der Waals surface area (Å²) in [6.07, 6.45) is 1.72. The molecule has 4 rings (SSSR count). The number of fused-ring (bicyclic) bond motifs is 1. The maximum Gasteiger partial charge on any atom is 0.242 e. The van der Waals surface area contributed by atoms with Crippen LogP contribution in [0.15, 0.2) is 42.6 Å². The van der Waals surface area contributed by atoms with Gasteiger partial charge in [-0.25, -0.2) is 9.97 Å². The molecule has 6 nitrogen and oxygen atoms in total. The summed E-state index contributed by atoms with van der Waals surface area (Å²) in [5, 5.41) is 0.638. The second kappa shape index (κ2) is 7.05. The van der Waals surface area contributed by atoms with E-state index in [2.05, 4.69) is 16.9 Å². The average molecular weight is 370 g/mol. The zero-order valence-electron chi connectivity index (χ0n) is 14.6. The standard InChI is InChI=1S/C19H20ClN5O/c1-23-8-10-24(11-9-23)17(26)13-25-18(14-4-2-5-15(20)12-14)22-16-6-3-7-21-19(16)25/h2-7,12H,8-11,13H2,1H3. The van der Waals surface area contributed by atoms with Crippen LogP contribution < -0.4 is 0 Å². The molecular weight excluding hydrogens is 350 g/mol. The van der Waals surface area contributed by atoms with Crippen molar-refractivity contribution >= 4 is 28.7 Å². The van der Waals surface area contributed by atoms with Gasteiger partial charge in [-0.15, -0.1) is 0 Å². The van der Waals surface area contributed by atoms with Gasteiger partial charge >= 0.3 is 0 Å². The molecule has 2 aromatic heterocycles. The van der Waals surface area contributed by atoms with E-state index in [0.717, 1.165) is 37.3 Å². The first kappa shape index (κ1) is 17.0. The highest BCUT2D eigenvalue weighted by Crippen LogP contribution is 2.26. The number of hydrogen-bond donors (Lipinski definition) is 0. The largest absolute Gasteiger partial charge is 0.339 e. The molecule has 0 N–H and O–H groups in total. The summed E-state index contributed by atoms with van der Waals surface area (Å²) in [5.41, 5.74) is 2.36. The first-order chi connectivity index (χ1) is 12.6. The maximum atomic E-state index is 12.9. The Hall–Kier alpha value is -2.44. The van der Waals surface area contributed by atoms with Crippen LogP contribution in [0.5, 0.6) is 0 Å². The number of aromatic nitrogens is 3. The molecule has 1 aliphatic heterocycles. The molecule has 0 unspecified atom stereocenters.